The van der Waals surface area contributed by atoms with Crippen LogP contribution < -0.4 is 15.0 Å². The highest BCUT2D eigenvalue weighted by atomic mass is 16.5. The number of H-pyrrole nitrogens is 1. The summed E-state index contributed by atoms with van der Waals surface area (Å²) < 4.78 is 10.6. The number of anilines is 1. The molecular formula is C27H27N5O5. The molecule has 0 saturated carbocycles. The molecule has 1 aliphatic rings. The lowest BCUT2D eigenvalue weighted by atomic mass is 9.94. The topological polar surface area (TPSA) is 127 Å². The van der Waals surface area contributed by atoms with Gasteiger partial charge in [-0.25, -0.2) is 4.98 Å². The van der Waals surface area contributed by atoms with Crippen molar-refractivity contribution in [2.24, 2.45) is 5.41 Å². The molecule has 0 fully saturated rings. The third kappa shape index (κ3) is 5.78. The number of hydrogen-bond donors (Lipinski definition) is 2. The van der Waals surface area contributed by atoms with Crippen LogP contribution in [-0.2, 0) is 20.7 Å². The second kappa shape index (κ2) is 10.5. The number of esters is 1. The molecule has 37 heavy (non-hydrogen) atoms. The minimum absolute atomic E-state index is 0.0612. The third-order valence-electron chi connectivity index (χ3n) is 5.82. The van der Waals surface area contributed by atoms with Crippen LogP contribution in [0.2, 0.25) is 0 Å². The Bertz CT molecular complexity index is 1390. The van der Waals surface area contributed by atoms with E-state index in [0.717, 1.165) is 5.56 Å². The molecule has 2 heterocycles. The summed E-state index contributed by atoms with van der Waals surface area (Å²) >= 11 is 0. The normalized spacial score (nSPS) is 15.0. The van der Waals surface area contributed by atoms with E-state index >= 15 is 0 Å². The van der Waals surface area contributed by atoms with Gasteiger partial charge in [-0.05, 0) is 37.6 Å². The number of amides is 2. The third-order valence-corrected chi connectivity index (χ3v) is 5.82. The second-order valence-corrected chi connectivity index (χ2v) is 9.05. The smallest absolute Gasteiger partial charge is 0.323 e. The predicted molar refractivity (Wildman–Crippen MR) is 135 cm³/mol. The van der Waals surface area contributed by atoms with E-state index in [1.54, 1.807) is 39.1 Å². The number of rotatable bonds is 5. The Labute approximate surface area is 214 Å². The molecule has 2 aromatic carbocycles. The molecule has 2 N–H and O–H groups in total. The average molecular weight is 502 g/mol. The first kappa shape index (κ1) is 25.4. The molecule has 0 radical (unpaired) electrons. The Balaban J connectivity index is 1.46. The van der Waals surface area contributed by atoms with Crippen molar-refractivity contribution in [3.63, 3.8) is 0 Å². The van der Waals surface area contributed by atoms with Crippen LogP contribution >= 0.6 is 0 Å². The fourth-order valence-electron chi connectivity index (χ4n) is 3.70. The SMILES string of the molecule is COC(=O)C(C)(C)C#Cc1ccc2c(c1)N(C)C(=O)[C@@H](NC(=O)c1n[nH]c(Cc3ccccc3)n1)CO2. The lowest BCUT2D eigenvalue weighted by Crippen LogP contribution is -2.49. The first-order valence-corrected chi connectivity index (χ1v) is 11.6. The van der Waals surface area contributed by atoms with Crippen LogP contribution in [0.1, 0.15) is 41.4 Å². The number of likely N-dealkylation sites (N-methyl/N-ethyl adjacent to an activating group) is 1. The number of nitrogens with one attached hydrogen (secondary N) is 2. The summed E-state index contributed by atoms with van der Waals surface area (Å²) in [6.07, 6.45) is 0.493. The van der Waals surface area contributed by atoms with Crippen LogP contribution in [0.15, 0.2) is 48.5 Å². The van der Waals surface area contributed by atoms with Crippen LogP contribution in [0.3, 0.4) is 0 Å². The van der Waals surface area contributed by atoms with Gasteiger partial charge in [-0.1, -0.05) is 42.2 Å². The van der Waals surface area contributed by atoms with Crippen molar-refractivity contribution in [2.75, 3.05) is 25.7 Å². The molecule has 1 aromatic heterocycles. The zero-order valence-electron chi connectivity index (χ0n) is 21.0. The number of carbonyl (C=O) groups is 3. The summed E-state index contributed by atoms with van der Waals surface area (Å²) in [5, 5.41) is 9.43. The maximum absolute atomic E-state index is 13.2. The molecule has 2 amide bonds. The van der Waals surface area contributed by atoms with Crippen LogP contribution in [0.4, 0.5) is 5.69 Å². The van der Waals surface area contributed by atoms with E-state index in [9.17, 15) is 14.4 Å². The van der Waals surface area contributed by atoms with Crippen molar-refractivity contribution in [2.45, 2.75) is 26.3 Å². The zero-order chi connectivity index (χ0) is 26.6. The van der Waals surface area contributed by atoms with Crippen molar-refractivity contribution in [3.8, 4) is 17.6 Å². The number of aromatic amines is 1. The predicted octanol–water partition coefficient (Wildman–Crippen LogP) is 2.10. The summed E-state index contributed by atoms with van der Waals surface area (Å²) in [6.45, 7) is 3.27. The van der Waals surface area contributed by atoms with Gasteiger partial charge in [-0.15, -0.1) is 5.10 Å². The first-order valence-electron chi connectivity index (χ1n) is 11.6. The van der Waals surface area contributed by atoms with E-state index in [0.29, 0.717) is 29.2 Å². The Morgan fingerprint density at radius 1 is 1.24 bits per heavy atom. The highest BCUT2D eigenvalue weighted by molar-refractivity contribution is 6.02. The van der Waals surface area contributed by atoms with Crippen LogP contribution in [-0.4, -0.2) is 59.8 Å². The van der Waals surface area contributed by atoms with Crippen molar-refractivity contribution >= 4 is 23.5 Å². The standard InChI is InChI=1S/C27H27N5O5/c1-27(2,26(35)36-4)13-12-18-10-11-21-20(14-18)32(3)25(34)19(16-37-21)28-24(33)23-29-22(30-31-23)15-17-8-6-5-7-9-17/h5-11,14,19H,15-16H2,1-4H3,(H,28,33)(H,29,30,31)/t19-/m0/s1. The second-order valence-electron chi connectivity index (χ2n) is 9.05. The maximum atomic E-state index is 13.2. The molecule has 3 aromatic rings. The number of methoxy groups -OCH3 is 1. The Morgan fingerprint density at radius 3 is 2.73 bits per heavy atom. The minimum Gasteiger partial charge on any atom is -0.489 e. The fourth-order valence-corrected chi connectivity index (χ4v) is 3.70. The van der Waals surface area contributed by atoms with E-state index in [-0.39, 0.29) is 18.3 Å². The molecule has 0 spiro atoms. The first-order chi connectivity index (χ1) is 17.7. The van der Waals surface area contributed by atoms with Gasteiger partial charge >= 0.3 is 5.97 Å². The maximum Gasteiger partial charge on any atom is 0.323 e. The monoisotopic (exact) mass is 501 g/mol. The van der Waals surface area contributed by atoms with Crippen LogP contribution in [0.25, 0.3) is 0 Å². The zero-order valence-corrected chi connectivity index (χ0v) is 21.0. The molecule has 0 aliphatic carbocycles. The lowest BCUT2D eigenvalue weighted by Gasteiger charge is -2.20. The number of ether oxygens (including phenoxy) is 2. The highest BCUT2D eigenvalue weighted by Crippen LogP contribution is 2.31. The minimum atomic E-state index is -0.990. The van der Waals surface area contributed by atoms with Gasteiger partial charge in [-0.2, -0.15) is 0 Å². The van der Waals surface area contributed by atoms with Gasteiger partial charge < -0.3 is 19.7 Å². The number of benzene rings is 2. The van der Waals surface area contributed by atoms with Gasteiger partial charge in [0.15, 0.2) is 0 Å². The van der Waals surface area contributed by atoms with Gasteiger partial charge in [-0.3, -0.25) is 19.5 Å². The fraction of sp³-hybridized carbons (Fsp3) is 0.296. The molecule has 0 unspecified atom stereocenters. The summed E-state index contributed by atoms with van der Waals surface area (Å²) in [6, 6.07) is 13.8. The van der Waals surface area contributed by atoms with Crippen LogP contribution in [0, 0.1) is 17.3 Å². The average Bonchev–Trinajstić information content (AvgIpc) is 3.33. The lowest BCUT2D eigenvalue weighted by molar-refractivity contribution is -0.147. The van der Waals surface area contributed by atoms with Crippen molar-refractivity contribution in [1.29, 1.82) is 0 Å². The summed E-state index contributed by atoms with van der Waals surface area (Å²) in [5.74, 6) is 5.40. The van der Waals surface area contributed by atoms with E-state index in [2.05, 4.69) is 32.3 Å². The molecular weight excluding hydrogens is 474 g/mol. The Morgan fingerprint density at radius 2 is 2.00 bits per heavy atom. The van der Waals surface area contributed by atoms with Gasteiger partial charge in [0.25, 0.3) is 11.8 Å². The van der Waals surface area contributed by atoms with E-state index < -0.39 is 23.3 Å². The van der Waals surface area contributed by atoms with Gasteiger partial charge in [0.05, 0.1) is 12.8 Å². The highest BCUT2D eigenvalue weighted by Gasteiger charge is 2.32. The molecule has 1 aliphatic heterocycles. The molecule has 4 rings (SSSR count). The van der Waals surface area contributed by atoms with Gasteiger partial charge in [0.1, 0.15) is 29.6 Å². The summed E-state index contributed by atoms with van der Waals surface area (Å²) in [4.78, 5) is 43.5. The Hall–Kier alpha value is -4.65. The molecule has 10 heteroatoms. The van der Waals surface area contributed by atoms with E-state index in [1.165, 1.54) is 12.0 Å². The van der Waals surface area contributed by atoms with E-state index in [1.807, 2.05) is 30.3 Å². The van der Waals surface area contributed by atoms with Crippen LogP contribution in [0.5, 0.6) is 5.75 Å². The molecule has 0 saturated heterocycles. The number of nitrogens with zero attached hydrogens (tertiary/aromatic N) is 3. The van der Waals surface area contributed by atoms with E-state index in [4.69, 9.17) is 9.47 Å². The van der Waals surface area contributed by atoms with Gasteiger partial charge in [0.2, 0.25) is 5.82 Å². The summed E-state index contributed by atoms with van der Waals surface area (Å²) in [7, 11) is 2.91. The molecule has 190 valence electrons. The van der Waals surface area contributed by atoms with Crippen molar-refractivity contribution in [3.05, 3.63) is 71.3 Å². The number of aromatic nitrogens is 3. The Kier molecular flexibility index (Phi) is 7.25. The summed E-state index contributed by atoms with van der Waals surface area (Å²) in [5.41, 5.74) is 1.12. The molecule has 10 nitrogen and oxygen atoms in total. The van der Waals surface area contributed by atoms with Crippen molar-refractivity contribution < 1.29 is 23.9 Å². The molecule has 1 atom stereocenters. The van der Waals surface area contributed by atoms with Gasteiger partial charge in [0, 0.05) is 19.0 Å². The number of carbonyl (C=O) groups excluding carboxylic acids is 3. The number of fused-ring (bicyclic) bond motifs is 1. The van der Waals surface area contributed by atoms with Crippen molar-refractivity contribution in [1.82, 2.24) is 20.5 Å². The molecule has 0 bridgehead atoms. The largest absolute Gasteiger partial charge is 0.489 e. The quantitative estimate of drug-likeness (QED) is 0.405. The number of hydrogen-bond acceptors (Lipinski definition) is 7.